The molecule has 2 rings (SSSR count). The van der Waals surface area contributed by atoms with Crippen LogP contribution in [0.3, 0.4) is 0 Å². The number of carboxylic acids is 1. The van der Waals surface area contributed by atoms with Gasteiger partial charge in [-0.05, 0) is 31.9 Å². The van der Waals surface area contributed by atoms with E-state index in [0.29, 0.717) is 11.6 Å². The molecule has 1 aliphatic carbocycles. The van der Waals surface area contributed by atoms with Crippen LogP contribution in [0.2, 0.25) is 0 Å². The Morgan fingerprint density at radius 1 is 1.41 bits per heavy atom. The molecule has 0 unspecified atom stereocenters. The molecule has 0 amide bonds. The van der Waals surface area contributed by atoms with E-state index in [4.69, 9.17) is 5.11 Å². The van der Waals surface area contributed by atoms with E-state index in [1.54, 1.807) is 12.1 Å². The normalized spacial score (nSPS) is 16.1. The monoisotopic (exact) mass is 234 g/mol. The fourth-order valence-corrected chi connectivity index (χ4v) is 2.43. The van der Waals surface area contributed by atoms with Crippen molar-refractivity contribution in [1.82, 2.24) is 4.98 Å². The molecule has 0 atom stereocenters. The number of aromatic nitrogens is 1. The van der Waals surface area contributed by atoms with E-state index in [9.17, 15) is 4.79 Å². The Bertz CT molecular complexity index is 425. The van der Waals surface area contributed by atoms with Crippen LogP contribution in [0.1, 0.15) is 41.7 Å². The number of pyridine rings is 1. The molecule has 4 heteroatoms. The van der Waals surface area contributed by atoms with Gasteiger partial charge in [0, 0.05) is 18.8 Å². The lowest BCUT2D eigenvalue weighted by Crippen LogP contribution is -2.29. The highest BCUT2D eigenvalue weighted by molar-refractivity contribution is 5.88. The minimum absolute atomic E-state index is 0.317. The van der Waals surface area contributed by atoms with Gasteiger partial charge in [-0.1, -0.05) is 12.8 Å². The molecule has 1 N–H and O–H groups in total. The minimum atomic E-state index is -0.892. The first-order valence-electron chi connectivity index (χ1n) is 6.03. The van der Waals surface area contributed by atoms with Crippen LogP contribution in [-0.4, -0.2) is 29.1 Å². The van der Waals surface area contributed by atoms with Gasteiger partial charge in [0.05, 0.1) is 5.56 Å². The summed E-state index contributed by atoms with van der Waals surface area (Å²) in [6.07, 6.45) is 4.86. The third kappa shape index (κ3) is 2.57. The van der Waals surface area contributed by atoms with Crippen molar-refractivity contribution in [3.63, 3.8) is 0 Å². The van der Waals surface area contributed by atoms with Gasteiger partial charge in [-0.15, -0.1) is 0 Å². The van der Waals surface area contributed by atoms with E-state index in [1.807, 2.05) is 14.0 Å². The van der Waals surface area contributed by atoms with Crippen LogP contribution in [0.25, 0.3) is 0 Å². The van der Waals surface area contributed by atoms with E-state index >= 15 is 0 Å². The van der Waals surface area contributed by atoms with Gasteiger partial charge < -0.3 is 10.0 Å². The first kappa shape index (κ1) is 11.9. The number of rotatable bonds is 3. The predicted molar refractivity (Wildman–Crippen MR) is 66.6 cm³/mol. The molecule has 0 aliphatic heterocycles. The maximum atomic E-state index is 11.0. The zero-order valence-electron chi connectivity index (χ0n) is 10.3. The van der Waals surface area contributed by atoms with Gasteiger partial charge >= 0.3 is 5.97 Å². The molecular formula is C13H18N2O2. The van der Waals surface area contributed by atoms with Crippen LogP contribution < -0.4 is 4.90 Å². The smallest absolute Gasteiger partial charge is 0.335 e. The van der Waals surface area contributed by atoms with Gasteiger partial charge in [0.1, 0.15) is 5.82 Å². The van der Waals surface area contributed by atoms with Crippen molar-refractivity contribution in [2.45, 2.75) is 38.6 Å². The third-order valence-electron chi connectivity index (χ3n) is 3.42. The molecule has 0 radical (unpaired) electrons. The minimum Gasteiger partial charge on any atom is -0.478 e. The Labute approximate surface area is 101 Å². The average molecular weight is 234 g/mol. The Balaban J connectivity index is 2.27. The van der Waals surface area contributed by atoms with Gasteiger partial charge in [0.15, 0.2) is 0 Å². The Hall–Kier alpha value is -1.58. The number of carboxylic acid groups (broad SMARTS) is 1. The van der Waals surface area contributed by atoms with Gasteiger partial charge in [0.25, 0.3) is 0 Å². The quantitative estimate of drug-likeness (QED) is 0.872. The molecule has 1 aromatic rings. The average Bonchev–Trinajstić information content (AvgIpc) is 2.80. The second kappa shape index (κ2) is 4.73. The summed E-state index contributed by atoms with van der Waals surface area (Å²) in [6, 6.07) is 3.77. The Morgan fingerprint density at radius 3 is 2.65 bits per heavy atom. The molecule has 1 heterocycles. The van der Waals surface area contributed by atoms with Crippen molar-refractivity contribution in [2.24, 2.45) is 0 Å². The number of aryl methyl sites for hydroxylation is 1. The number of hydrogen-bond acceptors (Lipinski definition) is 3. The summed E-state index contributed by atoms with van der Waals surface area (Å²) in [4.78, 5) is 17.5. The van der Waals surface area contributed by atoms with Crippen LogP contribution in [0.5, 0.6) is 0 Å². The summed E-state index contributed by atoms with van der Waals surface area (Å²) < 4.78 is 0. The van der Waals surface area contributed by atoms with Crippen LogP contribution in [0.15, 0.2) is 12.1 Å². The van der Waals surface area contributed by atoms with Gasteiger partial charge in [-0.3, -0.25) is 0 Å². The highest BCUT2D eigenvalue weighted by Gasteiger charge is 2.21. The van der Waals surface area contributed by atoms with Gasteiger partial charge in [-0.25, -0.2) is 9.78 Å². The standard InChI is InChI=1S/C13H18N2O2/c1-9-7-10(13(16)17)8-12(14-9)15(2)11-5-3-4-6-11/h7-8,11H,3-6H2,1-2H3,(H,16,17). The molecule has 1 fully saturated rings. The molecular weight excluding hydrogens is 216 g/mol. The zero-order chi connectivity index (χ0) is 12.4. The van der Waals surface area contributed by atoms with E-state index < -0.39 is 5.97 Å². The number of carbonyl (C=O) groups is 1. The number of hydrogen-bond donors (Lipinski definition) is 1. The lowest BCUT2D eigenvalue weighted by atomic mass is 10.2. The second-order valence-corrected chi connectivity index (χ2v) is 4.71. The maximum absolute atomic E-state index is 11.0. The fraction of sp³-hybridized carbons (Fsp3) is 0.538. The molecule has 1 aliphatic rings. The number of aromatic carboxylic acids is 1. The van der Waals surface area contributed by atoms with Crippen molar-refractivity contribution in [3.8, 4) is 0 Å². The summed E-state index contributed by atoms with van der Waals surface area (Å²) in [5.41, 5.74) is 1.07. The van der Waals surface area contributed by atoms with E-state index in [-0.39, 0.29) is 0 Å². The largest absolute Gasteiger partial charge is 0.478 e. The molecule has 0 spiro atoms. The summed E-state index contributed by atoms with van der Waals surface area (Å²) >= 11 is 0. The van der Waals surface area contributed by atoms with Crippen LogP contribution in [0, 0.1) is 6.92 Å². The molecule has 4 nitrogen and oxygen atoms in total. The number of anilines is 1. The van der Waals surface area contributed by atoms with Gasteiger partial charge in [-0.2, -0.15) is 0 Å². The second-order valence-electron chi connectivity index (χ2n) is 4.71. The maximum Gasteiger partial charge on any atom is 0.335 e. The zero-order valence-corrected chi connectivity index (χ0v) is 10.3. The molecule has 0 aromatic carbocycles. The third-order valence-corrected chi connectivity index (χ3v) is 3.42. The molecule has 1 saturated carbocycles. The highest BCUT2D eigenvalue weighted by Crippen LogP contribution is 2.26. The van der Waals surface area contributed by atoms with Crippen molar-refractivity contribution in [3.05, 3.63) is 23.4 Å². The topological polar surface area (TPSA) is 53.4 Å². The van der Waals surface area contributed by atoms with E-state index in [2.05, 4.69) is 9.88 Å². The summed E-state index contributed by atoms with van der Waals surface area (Å²) in [7, 11) is 2.00. The van der Waals surface area contributed by atoms with Crippen molar-refractivity contribution in [2.75, 3.05) is 11.9 Å². The van der Waals surface area contributed by atoms with Crippen molar-refractivity contribution < 1.29 is 9.90 Å². The molecule has 1 aromatic heterocycles. The predicted octanol–water partition coefficient (Wildman–Crippen LogP) is 2.47. The molecule has 0 bridgehead atoms. The van der Waals surface area contributed by atoms with Crippen LogP contribution >= 0.6 is 0 Å². The van der Waals surface area contributed by atoms with Crippen molar-refractivity contribution in [1.29, 1.82) is 0 Å². The summed E-state index contributed by atoms with van der Waals surface area (Å²) in [6.45, 7) is 1.83. The first-order valence-corrected chi connectivity index (χ1v) is 6.03. The lowest BCUT2D eigenvalue weighted by Gasteiger charge is -2.25. The Kier molecular flexibility index (Phi) is 3.31. The van der Waals surface area contributed by atoms with Crippen LogP contribution in [-0.2, 0) is 0 Å². The lowest BCUT2D eigenvalue weighted by molar-refractivity contribution is 0.0696. The Morgan fingerprint density at radius 2 is 2.06 bits per heavy atom. The van der Waals surface area contributed by atoms with E-state index in [0.717, 1.165) is 11.5 Å². The van der Waals surface area contributed by atoms with Crippen LogP contribution in [0.4, 0.5) is 5.82 Å². The van der Waals surface area contributed by atoms with Gasteiger partial charge in [0.2, 0.25) is 0 Å². The SMILES string of the molecule is Cc1cc(C(=O)O)cc(N(C)C2CCCC2)n1. The number of nitrogens with zero attached hydrogens (tertiary/aromatic N) is 2. The first-order chi connectivity index (χ1) is 8.08. The molecule has 0 saturated heterocycles. The highest BCUT2D eigenvalue weighted by atomic mass is 16.4. The molecule has 92 valence electrons. The summed E-state index contributed by atoms with van der Waals surface area (Å²) in [5, 5.41) is 9.03. The van der Waals surface area contributed by atoms with E-state index in [1.165, 1.54) is 25.7 Å². The van der Waals surface area contributed by atoms with Crippen molar-refractivity contribution >= 4 is 11.8 Å². The fourth-order valence-electron chi connectivity index (χ4n) is 2.43. The molecule has 17 heavy (non-hydrogen) atoms. The summed E-state index contributed by atoms with van der Waals surface area (Å²) in [5.74, 6) is -0.120.